The number of sulfonamides is 2. The van der Waals surface area contributed by atoms with Gasteiger partial charge in [0, 0.05) is 37.3 Å². The van der Waals surface area contributed by atoms with E-state index in [1.54, 1.807) is 0 Å². The van der Waals surface area contributed by atoms with E-state index in [9.17, 15) is 21.6 Å². The van der Waals surface area contributed by atoms with Crippen molar-refractivity contribution < 1.29 is 62.1 Å². The number of benzene rings is 2. The minimum atomic E-state index is -4.08. The summed E-state index contributed by atoms with van der Waals surface area (Å²) in [5.41, 5.74) is 19.0. The summed E-state index contributed by atoms with van der Waals surface area (Å²) in [6, 6.07) is 3.94. The smallest absolute Gasteiger partial charge is 1.00 e. The van der Waals surface area contributed by atoms with Crippen LogP contribution in [-0.2, 0) is 84.5 Å². The molecular formula is C37H47N8NaO7S2. The molecule has 0 bridgehead atoms. The standard InChI is InChI=1S/C19H22N4O4S.C12H15N.C6H9N3O3S.Na.H/c24-19(22-28(25,26)16-11-20-23-8-3-9-27-18(16)23)21-17-14-6-1-4-12(14)10-13-5-2-7-15(13)17;13-12-10-5-1-3-8(10)7-9-4-2-6-11(9)12;7-13(10,11)5-4-8-9-2-1-3-12-6(5)9;;/h10-11H,1-9H2,(H2,21,22,24);7H,1-6,13H2;4H,1-3H2,(H2,7,10,11);;/q;;;+1;-1. The summed E-state index contributed by atoms with van der Waals surface area (Å²) in [5, 5.41) is 15.7. The van der Waals surface area contributed by atoms with Crippen LogP contribution in [-0.4, -0.2) is 55.6 Å². The molecular weight excluding hydrogens is 756 g/mol. The van der Waals surface area contributed by atoms with E-state index in [1.165, 1.54) is 93.7 Å². The zero-order valence-corrected chi connectivity index (χ0v) is 34.8. The van der Waals surface area contributed by atoms with Gasteiger partial charge in [0.15, 0.2) is 9.79 Å². The number of amides is 2. The summed E-state index contributed by atoms with van der Waals surface area (Å²) >= 11 is 0. The summed E-state index contributed by atoms with van der Waals surface area (Å²) in [4.78, 5) is 12.5. The van der Waals surface area contributed by atoms with Crippen molar-refractivity contribution in [3.05, 3.63) is 69.0 Å². The van der Waals surface area contributed by atoms with Crippen LogP contribution >= 0.6 is 0 Å². The Morgan fingerprint density at radius 2 is 1.11 bits per heavy atom. The van der Waals surface area contributed by atoms with Crippen molar-refractivity contribution in [3.8, 4) is 11.8 Å². The quantitative estimate of drug-likeness (QED) is 0.169. The molecule has 2 aromatic carbocycles. The van der Waals surface area contributed by atoms with E-state index in [1.807, 2.05) is 0 Å². The van der Waals surface area contributed by atoms with Gasteiger partial charge in [0.05, 0.1) is 25.6 Å². The van der Waals surface area contributed by atoms with E-state index in [2.05, 4.69) is 32.4 Å². The Kier molecular flexibility index (Phi) is 11.6. The summed E-state index contributed by atoms with van der Waals surface area (Å²) in [6.45, 7) is 2.21. The third-order valence-corrected chi connectivity index (χ3v) is 13.3. The van der Waals surface area contributed by atoms with E-state index >= 15 is 0 Å². The van der Waals surface area contributed by atoms with Crippen LogP contribution in [0, 0.1) is 0 Å². The predicted octanol–water partition coefficient (Wildman–Crippen LogP) is 0.829. The fourth-order valence-corrected chi connectivity index (χ4v) is 10.2. The Balaban J connectivity index is 0.000000158. The number of rotatable bonds is 4. The van der Waals surface area contributed by atoms with Crippen molar-refractivity contribution in [2.75, 3.05) is 24.3 Å². The van der Waals surface area contributed by atoms with Crippen LogP contribution in [0.15, 0.2) is 34.3 Å². The van der Waals surface area contributed by atoms with Gasteiger partial charge in [0.2, 0.25) is 21.8 Å². The second kappa shape index (κ2) is 16.1. The van der Waals surface area contributed by atoms with Gasteiger partial charge in [0.25, 0.3) is 10.0 Å². The molecule has 6 N–H and O–H groups in total. The number of hydrogen-bond donors (Lipinski definition) is 4. The van der Waals surface area contributed by atoms with E-state index in [0.717, 1.165) is 73.9 Å². The SMILES string of the molecule is NS(=O)(=O)c1cnn2c1OCCC2.Nc1c2c(cc3c1CCC3)CCC2.O=C(Nc1c2c(cc3c1CCC3)CCC2)NS(=O)(=O)c1cnn2c1OCCC2.[H-].[Na+]. The number of hydrogen-bond acceptors (Lipinski definition) is 10. The minimum Gasteiger partial charge on any atom is -1.00 e. The summed E-state index contributed by atoms with van der Waals surface area (Å²) in [7, 11) is -7.79. The number of nitrogen functional groups attached to an aromatic ring is 1. The number of urea groups is 1. The van der Waals surface area contributed by atoms with Gasteiger partial charge in [-0.15, -0.1) is 0 Å². The number of nitrogens with two attached hydrogens (primary N) is 2. The fourth-order valence-electron chi connectivity index (χ4n) is 8.61. The molecule has 55 heavy (non-hydrogen) atoms. The van der Waals surface area contributed by atoms with Crippen LogP contribution in [0.1, 0.15) is 84.5 Å². The Bertz CT molecular complexity index is 2300. The molecule has 290 valence electrons. The van der Waals surface area contributed by atoms with Gasteiger partial charge in [-0.05, 0) is 122 Å². The molecule has 2 amide bonds. The maximum atomic E-state index is 12.7. The summed E-state index contributed by atoms with van der Waals surface area (Å²) in [5.74, 6) is 0.446. The van der Waals surface area contributed by atoms with Gasteiger partial charge in [-0.2, -0.15) is 10.2 Å². The molecule has 4 aliphatic carbocycles. The van der Waals surface area contributed by atoms with Gasteiger partial charge in [-0.25, -0.2) is 40.9 Å². The summed E-state index contributed by atoms with van der Waals surface area (Å²) in [6.07, 6.45) is 17.6. The number of primary sulfonamides is 1. The van der Waals surface area contributed by atoms with Crippen molar-refractivity contribution in [2.24, 2.45) is 5.14 Å². The maximum absolute atomic E-state index is 12.7. The first kappa shape index (κ1) is 39.6. The van der Waals surface area contributed by atoms with E-state index < -0.39 is 26.1 Å². The molecule has 0 spiro atoms. The first-order valence-electron chi connectivity index (χ1n) is 18.8. The molecule has 2 aliphatic heterocycles. The first-order chi connectivity index (χ1) is 26.0. The molecule has 4 aromatic rings. The van der Waals surface area contributed by atoms with Gasteiger partial charge in [0.1, 0.15) is 0 Å². The molecule has 0 saturated heterocycles. The van der Waals surface area contributed by atoms with Crippen molar-refractivity contribution in [1.29, 1.82) is 0 Å². The molecule has 0 fully saturated rings. The van der Waals surface area contributed by atoms with E-state index in [-0.39, 0.29) is 52.5 Å². The second-order valence-corrected chi connectivity index (χ2v) is 17.8. The normalized spacial score (nSPS) is 17.2. The molecule has 0 atom stereocenters. The van der Waals surface area contributed by atoms with Crippen molar-refractivity contribution in [3.63, 3.8) is 0 Å². The number of anilines is 2. The Labute approximate surface area is 344 Å². The van der Waals surface area contributed by atoms with Gasteiger partial charge < -0.3 is 22.0 Å². The molecule has 0 unspecified atom stereocenters. The third kappa shape index (κ3) is 8.01. The second-order valence-electron chi connectivity index (χ2n) is 14.6. The van der Waals surface area contributed by atoms with Crippen molar-refractivity contribution in [2.45, 2.75) is 113 Å². The molecule has 0 radical (unpaired) electrons. The number of aryl methyl sites for hydroxylation is 6. The average Bonchev–Trinajstić information content (AvgIpc) is 3.99. The van der Waals surface area contributed by atoms with Crippen LogP contribution < -0.4 is 59.9 Å². The minimum absolute atomic E-state index is 0. The van der Waals surface area contributed by atoms with Gasteiger partial charge >= 0.3 is 35.6 Å². The molecule has 2 aromatic heterocycles. The van der Waals surface area contributed by atoms with Crippen LogP contribution in [0.25, 0.3) is 0 Å². The molecule has 6 aliphatic rings. The van der Waals surface area contributed by atoms with E-state index in [0.29, 0.717) is 26.3 Å². The first-order valence-corrected chi connectivity index (χ1v) is 21.8. The number of nitrogens with one attached hydrogen (secondary N) is 2. The summed E-state index contributed by atoms with van der Waals surface area (Å²) < 4.78 is 63.2. The average molecular weight is 803 g/mol. The zero-order chi connectivity index (χ0) is 37.6. The fraction of sp³-hybridized carbons (Fsp3) is 0.486. The zero-order valence-electron chi connectivity index (χ0n) is 32.2. The molecule has 15 nitrogen and oxygen atoms in total. The van der Waals surface area contributed by atoms with Gasteiger partial charge in [-0.3, -0.25) is 0 Å². The van der Waals surface area contributed by atoms with Crippen LogP contribution in [0.5, 0.6) is 11.8 Å². The molecule has 10 rings (SSSR count). The Hall–Kier alpha value is -3.61. The molecule has 4 heterocycles. The topological polar surface area (TPSA) is 216 Å². The molecule has 0 saturated carbocycles. The molecule has 18 heteroatoms. The Morgan fingerprint density at radius 3 is 1.60 bits per heavy atom. The third-order valence-electron chi connectivity index (χ3n) is 11.1. The van der Waals surface area contributed by atoms with Crippen LogP contribution in [0.3, 0.4) is 0 Å². The van der Waals surface area contributed by atoms with Crippen molar-refractivity contribution >= 4 is 37.5 Å². The monoisotopic (exact) mass is 802 g/mol. The van der Waals surface area contributed by atoms with Crippen LogP contribution in [0.2, 0.25) is 0 Å². The van der Waals surface area contributed by atoms with Crippen LogP contribution in [0.4, 0.5) is 16.2 Å². The number of carbonyl (C=O) groups excluding carboxylic acids is 1. The number of ether oxygens (including phenoxy) is 2. The number of carbonyl (C=O) groups is 1. The Morgan fingerprint density at radius 1 is 0.673 bits per heavy atom. The maximum Gasteiger partial charge on any atom is 1.00 e. The largest absolute Gasteiger partial charge is 1.00 e. The van der Waals surface area contributed by atoms with E-state index in [4.69, 9.17) is 20.3 Å². The van der Waals surface area contributed by atoms with Crippen molar-refractivity contribution in [1.82, 2.24) is 24.3 Å². The van der Waals surface area contributed by atoms with Gasteiger partial charge in [-0.1, -0.05) is 12.1 Å². The number of fused-ring (bicyclic) bond motifs is 6. The number of aromatic nitrogens is 4. The number of nitrogens with zero attached hydrogens (tertiary/aromatic N) is 4. The predicted molar refractivity (Wildman–Crippen MR) is 202 cm³/mol.